The summed E-state index contributed by atoms with van der Waals surface area (Å²) in [4.78, 5) is 75.7. The van der Waals surface area contributed by atoms with Crippen LogP contribution in [0.4, 0.5) is 0 Å². The van der Waals surface area contributed by atoms with E-state index in [0.717, 1.165) is 10.5 Å². The fraction of sp³-hybridized carbons (Fsp3) is 0.562. The Labute approximate surface area is 268 Å². The quantitative estimate of drug-likeness (QED) is 0.316. The van der Waals surface area contributed by atoms with Gasteiger partial charge < -0.3 is 40.6 Å². The molecule has 2 aromatic rings. The lowest BCUT2D eigenvalue weighted by molar-refractivity contribution is -0.144. The van der Waals surface area contributed by atoms with E-state index < -0.39 is 54.0 Å². The number of carbonyl (C=O) groups excluding carboxylic acids is 5. The summed E-state index contributed by atoms with van der Waals surface area (Å²) in [5.74, 6) is -2.17. The summed E-state index contributed by atoms with van der Waals surface area (Å²) in [6.45, 7) is 7.35. The second-order valence-electron chi connectivity index (χ2n) is 12.7. The van der Waals surface area contributed by atoms with Crippen LogP contribution in [0.3, 0.4) is 0 Å². The fourth-order valence-corrected chi connectivity index (χ4v) is 5.85. The van der Waals surface area contributed by atoms with E-state index in [1.807, 2.05) is 32.0 Å². The van der Waals surface area contributed by atoms with Crippen LogP contribution in [-0.2, 0) is 25.6 Å². The van der Waals surface area contributed by atoms with Crippen LogP contribution in [0.1, 0.15) is 56.6 Å². The number of imidazole rings is 1. The number of H-pyrrole nitrogens is 1. The van der Waals surface area contributed by atoms with Gasteiger partial charge in [-0.1, -0.05) is 26.0 Å². The van der Waals surface area contributed by atoms with Gasteiger partial charge in [0.25, 0.3) is 11.8 Å². The molecule has 2 aliphatic rings. The lowest BCUT2D eigenvalue weighted by Gasteiger charge is -2.42. The molecule has 1 unspecified atom stereocenters. The Hall–Kier alpha value is -4.46. The van der Waals surface area contributed by atoms with Gasteiger partial charge in [-0.3, -0.25) is 24.0 Å². The average molecular weight is 640 g/mol. The molecule has 1 aromatic carbocycles. The number of aromatic nitrogens is 2. The maximum atomic E-state index is 13.6. The molecule has 5 N–H and O–H groups in total. The maximum Gasteiger partial charge on any atom is 0.271 e. The van der Waals surface area contributed by atoms with Gasteiger partial charge in [-0.25, -0.2) is 4.98 Å². The highest BCUT2D eigenvalue weighted by atomic mass is 16.5. The minimum absolute atomic E-state index is 0.140. The van der Waals surface area contributed by atoms with Crippen molar-refractivity contribution < 1.29 is 33.8 Å². The van der Waals surface area contributed by atoms with E-state index in [0.29, 0.717) is 50.3 Å². The molecule has 2 bridgehead atoms. The van der Waals surface area contributed by atoms with E-state index in [4.69, 9.17) is 4.74 Å². The number of hydrogen-bond donors (Lipinski definition) is 5. The van der Waals surface area contributed by atoms with Gasteiger partial charge in [-0.05, 0) is 62.1 Å². The number of aliphatic hydroxyl groups excluding tert-OH is 1. The van der Waals surface area contributed by atoms with Crippen molar-refractivity contribution in [3.63, 3.8) is 0 Å². The van der Waals surface area contributed by atoms with Crippen molar-refractivity contribution in [2.45, 2.75) is 71.2 Å². The van der Waals surface area contributed by atoms with Crippen LogP contribution in [0.25, 0.3) is 0 Å². The second-order valence-corrected chi connectivity index (χ2v) is 12.7. The molecule has 1 fully saturated rings. The van der Waals surface area contributed by atoms with Gasteiger partial charge in [-0.15, -0.1) is 0 Å². The Kier molecular flexibility index (Phi) is 11.0. The van der Waals surface area contributed by atoms with Gasteiger partial charge >= 0.3 is 0 Å². The molecule has 14 nitrogen and oxygen atoms in total. The number of rotatable bonds is 3. The first-order valence-corrected chi connectivity index (χ1v) is 15.6. The first-order chi connectivity index (χ1) is 21.8. The number of nitrogens with zero attached hydrogens (tertiary/aromatic N) is 3. The molecule has 46 heavy (non-hydrogen) atoms. The van der Waals surface area contributed by atoms with E-state index >= 15 is 0 Å². The molecule has 14 heteroatoms. The van der Waals surface area contributed by atoms with Gasteiger partial charge in [0.15, 0.2) is 6.61 Å². The molecule has 2 aliphatic heterocycles. The molecular formula is C32H45N7O7. The predicted molar refractivity (Wildman–Crippen MR) is 167 cm³/mol. The van der Waals surface area contributed by atoms with E-state index in [2.05, 4.69) is 25.9 Å². The number of aliphatic hydroxyl groups is 1. The number of likely N-dealkylation sites (tertiary alicyclic amines) is 1. The number of aromatic amines is 1. The number of nitrogens with one attached hydrogen (secondary N) is 4. The minimum Gasteiger partial charge on any atom is -0.484 e. The van der Waals surface area contributed by atoms with Crippen LogP contribution in [-0.4, -0.2) is 112 Å². The molecule has 0 aliphatic carbocycles. The van der Waals surface area contributed by atoms with Crippen molar-refractivity contribution in [1.29, 1.82) is 0 Å². The molecular weight excluding hydrogens is 594 g/mol. The Balaban J connectivity index is 1.63. The third kappa shape index (κ3) is 8.22. The lowest BCUT2D eigenvalue weighted by Crippen LogP contribution is -2.59. The van der Waals surface area contributed by atoms with Gasteiger partial charge in [-0.2, -0.15) is 0 Å². The highest BCUT2D eigenvalue weighted by molar-refractivity contribution is 5.94. The first-order valence-electron chi connectivity index (χ1n) is 15.6. The van der Waals surface area contributed by atoms with E-state index in [1.54, 1.807) is 11.0 Å². The number of piperidine rings is 1. The third-order valence-corrected chi connectivity index (χ3v) is 8.94. The van der Waals surface area contributed by atoms with Gasteiger partial charge in [0.1, 0.15) is 29.6 Å². The van der Waals surface area contributed by atoms with E-state index in [-0.39, 0.29) is 17.7 Å². The zero-order valence-electron chi connectivity index (χ0n) is 27.0. The first kappa shape index (κ1) is 34.4. The number of ether oxygens (including phenoxy) is 1. The molecule has 250 valence electrons. The second kappa shape index (κ2) is 14.8. The Morgan fingerprint density at radius 1 is 1.07 bits per heavy atom. The van der Waals surface area contributed by atoms with Gasteiger partial charge in [0, 0.05) is 26.7 Å². The highest BCUT2D eigenvalue weighted by Gasteiger charge is 2.39. The fourth-order valence-electron chi connectivity index (χ4n) is 5.85. The Morgan fingerprint density at radius 2 is 1.78 bits per heavy atom. The Morgan fingerprint density at radius 3 is 2.41 bits per heavy atom. The molecule has 1 aromatic heterocycles. The van der Waals surface area contributed by atoms with Crippen LogP contribution >= 0.6 is 0 Å². The number of carbonyl (C=O) groups is 5. The monoisotopic (exact) mass is 639 g/mol. The van der Waals surface area contributed by atoms with Crippen molar-refractivity contribution in [3.05, 3.63) is 48.0 Å². The number of fused-ring (bicyclic) bond motifs is 2. The van der Waals surface area contributed by atoms with E-state index in [9.17, 15) is 29.1 Å². The average Bonchev–Trinajstić information content (AvgIpc) is 3.58. The lowest BCUT2D eigenvalue weighted by atomic mass is 9.73. The van der Waals surface area contributed by atoms with Crippen LogP contribution in [0.5, 0.6) is 5.75 Å². The molecule has 4 rings (SSSR count). The predicted octanol–water partition coefficient (Wildman–Crippen LogP) is 0.237. The summed E-state index contributed by atoms with van der Waals surface area (Å²) in [5.41, 5.74) is 0.907. The summed E-state index contributed by atoms with van der Waals surface area (Å²) < 4.78 is 5.76. The molecule has 0 radical (unpaired) electrons. The molecule has 0 saturated carbocycles. The van der Waals surface area contributed by atoms with Gasteiger partial charge in [0.05, 0.1) is 18.6 Å². The van der Waals surface area contributed by atoms with Crippen molar-refractivity contribution >= 4 is 29.5 Å². The standard InChI is InChI=1S/C32H45N7O7/c1-19(2)26-29(43)34-17-32(9-11-39(12-10-32)30(44)24-15-33-18-35-24)14-22-7-6-8-23(13-22)46-16-25(41)36-27(21(4)40)31(45)38(5)20(3)28(42)37-26/h6-8,13,15,18-21,26-27,40H,9-12,14,16-17H2,1-5H3,(H,33,35)(H,34,43)(H,36,41)(H,37,42)/t20-,21+,26?,27-/m0/s1. The van der Waals surface area contributed by atoms with Crippen molar-refractivity contribution in [2.75, 3.05) is 33.3 Å². The topological polar surface area (TPSA) is 186 Å². The summed E-state index contributed by atoms with van der Waals surface area (Å²) in [7, 11) is 1.40. The SMILES string of the molecule is CC(C)C1NC(=O)[C@H](C)N(C)C(=O)[C@H]([C@@H](C)O)NC(=O)COc2cccc(c2)CC2(CCN(C(=O)c3cnc[nH]3)CC2)CNC1=O. The van der Waals surface area contributed by atoms with Crippen LogP contribution in [0, 0.1) is 11.3 Å². The number of hydrogen-bond acceptors (Lipinski definition) is 8. The largest absolute Gasteiger partial charge is 0.484 e. The van der Waals surface area contributed by atoms with Crippen LogP contribution < -0.4 is 20.7 Å². The van der Waals surface area contributed by atoms with Crippen molar-refractivity contribution in [2.24, 2.45) is 11.3 Å². The summed E-state index contributed by atoms with van der Waals surface area (Å²) in [6, 6.07) is 4.09. The third-order valence-electron chi connectivity index (χ3n) is 8.94. The molecule has 3 heterocycles. The summed E-state index contributed by atoms with van der Waals surface area (Å²) in [6.07, 6.45) is 3.47. The normalized spacial score (nSPS) is 24.2. The van der Waals surface area contributed by atoms with Crippen LogP contribution in [0.2, 0.25) is 0 Å². The maximum absolute atomic E-state index is 13.6. The number of amides is 5. The van der Waals surface area contributed by atoms with Gasteiger partial charge in [0.2, 0.25) is 17.7 Å². The van der Waals surface area contributed by atoms with Crippen molar-refractivity contribution in [1.82, 2.24) is 35.7 Å². The zero-order chi connectivity index (χ0) is 33.6. The zero-order valence-corrected chi connectivity index (χ0v) is 27.0. The summed E-state index contributed by atoms with van der Waals surface area (Å²) in [5, 5.41) is 18.7. The molecule has 5 amide bonds. The van der Waals surface area contributed by atoms with Crippen LogP contribution in [0.15, 0.2) is 36.8 Å². The number of likely N-dealkylation sites (N-methyl/N-ethyl adjacent to an activating group) is 1. The number of benzene rings is 1. The minimum atomic E-state index is -1.32. The smallest absolute Gasteiger partial charge is 0.271 e. The summed E-state index contributed by atoms with van der Waals surface area (Å²) >= 11 is 0. The van der Waals surface area contributed by atoms with Crippen molar-refractivity contribution in [3.8, 4) is 5.75 Å². The molecule has 4 atom stereocenters. The highest BCUT2D eigenvalue weighted by Crippen LogP contribution is 2.36. The van der Waals surface area contributed by atoms with E-state index in [1.165, 1.54) is 33.4 Å². The molecule has 1 spiro atoms. The molecule has 1 saturated heterocycles. The Bertz CT molecular complexity index is 1400.